The highest BCUT2D eigenvalue weighted by atomic mass is 32.2. The van der Waals surface area contributed by atoms with Gasteiger partial charge in [-0.05, 0) is 34.9 Å². The van der Waals surface area contributed by atoms with Gasteiger partial charge in [0, 0.05) is 13.6 Å². The molecule has 1 heterocycles. The average molecular weight is 507 g/mol. The van der Waals surface area contributed by atoms with Crippen LogP contribution in [0.3, 0.4) is 0 Å². The molecule has 0 saturated carbocycles. The Morgan fingerprint density at radius 2 is 1.71 bits per heavy atom. The molecule has 3 aromatic carbocycles. The molecule has 1 N–H and O–H groups in total. The van der Waals surface area contributed by atoms with Gasteiger partial charge < -0.3 is 4.74 Å². The highest BCUT2D eigenvalue weighted by Crippen LogP contribution is 2.35. The predicted molar refractivity (Wildman–Crippen MR) is 125 cm³/mol. The van der Waals surface area contributed by atoms with Crippen molar-refractivity contribution in [1.29, 1.82) is 0 Å². The maximum absolute atomic E-state index is 13.1. The molecule has 1 aliphatic heterocycles. The summed E-state index contributed by atoms with van der Waals surface area (Å²) in [6, 6.07) is 20.7. The fourth-order valence-electron chi connectivity index (χ4n) is 3.96. The van der Waals surface area contributed by atoms with Crippen LogP contribution in [0.2, 0.25) is 0 Å². The molecule has 3 aromatic rings. The second kappa shape index (κ2) is 10.4. The molecule has 10 heteroatoms. The van der Waals surface area contributed by atoms with E-state index in [9.17, 15) is 21.6 Å². The summed E-state index contributed by atoms with van der Waals surface area (Å²) in [5.41, 5.74) is 1.07. The topological polar surface area (TPSA) is 67.9 Å². The normalized spacial score (nSPS) is 19.1. The van der Waals surface area contributed by atoms with Gasteiger partial charge in [-0.15, -0.1) is 0 Å². The predicted octanol–water partition coefficient (Wildman–Crippen LogP) is 4.69. The molecule has 0 amide bonds. The zero-order valence-electron chi connectivity index (χ0n) is 18.9. The first kappa shape index (κ1) is 25.2. The van der Waals surface area contributed by atoms with Crippen LogP contribution >= 0.6 is 0 Å². The van der Waals surface area contributed by atoms with Gasteiger partial charge in [0.05, 0.1) is 18.2 Å². The molecule has 186 valence electrons. The van der Waals surface area contributed by atoms with Gasteiger partial charge in [-0.2, -0.15) is 18.2 Å². The molecule has 0 bridgehead atoms. The van der Waals surface area contributed by atoms with Gasteiger partial charge in [0.1, 0.15) is 17.6 Å². The van der Waals surface area contributed by atoms with Crippen molar-refractivity contribution in [2.24, 2.45) is 0 Å². The molecular weight excluding hydrogens is 481 g/mol. The van der Waals surface area contributed by atoms with E-state index in [0.29, 0.717) is 17.9 Å². The van der Waals surface area contributed by atoms with Gasteiger partial charge in [-0.1, -0.05) is 60.7 Å². The SMILES string of the molecule is CN1OC[C@H](S(=O)(=O)NCc2cccc(C(F)(F)F)c2)[C@H]1c1cccc(OCc2ccccc2)c1. The first-order valence-electron chi connectivity index (χ1n) is 10.9. The number of rotatable bonds is 8. The van der Waals surface area contributed by atoms with Crippen molar-refractivity contribution in [3.8, 4) is 5.75 Å². The third-order valence-electron chi connectivity index (χ3n) is 5.76. The number of sulfonamides is 1. The Labute approximate surface area is 202 Å². The zero-order chi connectivity index (χ0) is 25.1. The standard InChI is InChI=1S/C25H25F3N2O4S/c1-30-24(20-10-6-12-22(14-20)33-16-18-7-3-2-4-8-18)23(17-34-30)35(31,32)29-15-19-9-5-11-21(13-19)25(26,27)28/h2-14,23-24,29H,15-17H2,1H3/t23-,24+/m0/s1. The molecule has 6 nitrogen and oxygen atoms in total. The Hall–Kier alpha value is -2.92. The minimum Gasteiger partial charge on any atom is -0.489 e. The molecular formula is C25H25F3N2O4S. The van der Waals surface area contributed by atoms with Gasteiger partial charge in [0.25, 0.3) is 0 Å². The summed E-state index contributed by atoms with van der Waals surface area (Å²) >= 11 is 0. The van der Waals surface area contributed by atoms with Gasteiger partial charge in [0.15, 0.2) is 0 Å². The Morgan fingerprint density at radius 1 is 1.00 bits per heavy atom. The lowest BCUT2D eigenvalue weighted by molar-refractivity contribution is -0.137. The molecule has 0 aromatic heterocycles. The second-order valence-corrected chi connectivity index (χ2v) is 10.2. The van der Waals surface area contributed by atoms with Gasteiger partial charge in [-0.25, -0.2) is 13.1 Å². The summed E-state index contributed by atoms with van der Waals surface area (Å²) in [6.07, 6.45) is -4.50. The zero-order valence-corrected chi connectivity index (χ0v) is 19.7. The molecule has 0 radical (unpaired) electrons. The van der Waals surface area contributed by atoms with E-state index in [0.717, 1.165) is 17.7 Å². The summed E-state index contributed by atoms with van der Waals surface area (Å²) < 4.78 is 73.6. The van der Waals surface area contributed by atoms with Crippen molar-refractivity contribution in [2.45, 2.75) is 30.6 Å². The van der Waals surface area contributed by atoms with Crippen LogP contribution < -0.4 is 9.46 Å². The quantitative estimate of drug-likeness (QED) is 0.480. The van der Waals surface area contributed by atoms with Gasteiger partial charge in [-0.3, -0.25) is 4.84 Å². The summed E-state index contributed by atoms with van der Waals surface area (Å²) in [7, 11) is -2.30. The van der Waals surface area contributed by atoms with Crippen molar-refractivity contribution in [2.75, 3.05) is 13.7 Å². The van der Waals surface area contributed by atoms with Gasteiger partial charge >= 0.3 is 6.18 Å². The lowest BCUT2D eigenvalue weighted by atomic mass is 10.0. The lowest BCUT2D eigenvalue weighted by Gasteiger charge is -2.23. The molecule has 35 heavy (non-hydrogen) atoms. The van der Waals surface area contributed by atoms with Crippen LogP contribution in [0.25, 0.3) is 0 Å². The Morgan fingerprint density at radius 3 is 2.46 bits per heavy atom. The van der Waals surface area contributed by atoms with Crippen molar-refractivity contribution in [1.82, 2.24) is 9.79 Å². The van der Waals surface area contributed by atoms with E-state index in [2.05, 4.69) is 4.72 Å². The number of hydroxylamine groups is 2. The maximum Gasteiger partial charge on any atom is 0.416 e. The average Bonchev–Trinajstić information content (AvgIpc) is 3.24. The summed E-state index contributed by atoms with van der Waals surface area (Å²) in [4.78, 5) is 5.53. The highest BCUT2D eigenvalue weighted by Gasteiger charge is 2.43. The molecule has 0 unspecified atom stereocenters. The van der Waals surface area contributed by atoms with Crippen LogP contribution in [-0.4, -0.2) is 32.4 Å². The molecule has 4 rings (SSSR count). The number of ether oxygens (including phenoxy) is 1. The number of nitrogens with one attached hydrogen (secondary N) is 1. The number of alkyl halides is 3. The van der Waals surface area contributed by atoms with Crippen molar-refractivity contribution >= 4 is 10.0 Å². The fourth-order valence-corrected chi connectivity index (χ4v) is 5.45. The fraction of sp³-hybridized carbons (Fsp3) is 0.280. The van der Waals surface area contributed by atoms with Crippen LogP contribution in [0.15, 0.2) is 78.9 Å². The first-order chi connectivity index (χ1) is 16.6. The van der Waals surface area contributed by atoms with E-state index in [-0.39, 0.29) is 18.7 Å². The Balaban J connectivity index is 1.48. The third-order valence-corrected chi connectivity index (χ3v) is 7.50. The van der Waals surface area contributed by atoms with Crippen molar-refractivity contribution < 1.29 is 31.2 Å². The molecule has 1 saturated heterocycles. The van der Waals surface area contributed by atoms with E-state index in [4.69, 9.17) is 9.57 Å². The van der Waals surface area contributed by atoms with Crippen LogP contribution in [0, 0.1) is 0 Å². The van der Waals surface area contributed by atoms with Crippen LogP contribution in [0.5, 0.6) is 5.75 Å². The molecule has 0 spiro atoms. The first-order valence-corrected chi connectivity index (χ1v) is 12.5. The van der Waals surface area contributed by atoms with E-state index in [1.165, 1.54) is 17.2 Å². The third kappa shape index (κ3) is 6.21. The molecule has 1 aliphatic rings. The van der Waals surface area contributed by atoms with E-state index in [1.54, 1.807) is 31.3 Å². The minimum atomic E-state index is -4.50. The van der Waals surface area contributed by atoms with Crippen LogP contribution in [0.1, 0.15) is 28.3 Å². The summed E-state index contributed by atoms with van der Waals surface area (Å²) in [5.74, 6) is 0.583. The Kier molecular flexibility index (Phi) is 7.46. The molecule has 0 aliphatic carbocycles. The van der Waals surface area contributed by atoms with Crippen molar-refractivity contribution in [3.05, 3.63) is 101 Å². The van der Waals surface area contributed by atoms with Gasteiger partial charge in [0.2, 0.25) is 10.0 Å². The monoisotopic (exact) mass is 506 g/mol. The van der Waals surface area contributed by atoms with Crippen LogP contribution in [-0.2, 0) is 34.2 Å². The van der Waals surface area contributed by atoms with Crippen molar-refractivity contribution in [3.63, 3.8) is 0 Å². The largest absolute Gasteiger partial charge is 0.489 e. The second-order valence-electron chi connectivity index (χ2n) is 8.24. The smallest absolute Gasteiger partial charge is 0.416 e. The van der Waals surface area contributed by atoms with E-state index < -0.39 is 33.1 Å². The van der Waals surface area contributed by atoms with Crippen LogP contribution in [0.4, 0.5) is 13.2 Å². The minimum absolute atomic E-state index is 0.0891. The number of halogens is 3. The molecule has 2 atom stereocenters. The molecule has 1 fully saturated rings. The maximum atomic E-state index is 13.1. The van der Waals surface area contributed by atoms with E-state index >= 15 is 0 Å². The number of nitrogens with zero attached hydrogens (tertiary/aromatic N) is 1. The van der Waals surface area contributed by atoms with E-state index in [1.807, 2.05) is 30.3 Å². The Bertz CT molecular complexity index is 1250. The number of hydrogen-bond donors (Lipinski definition) is 1. The number of hydrogen-bond acceptors (Lipinski definition) is 5. The summed E-state index contributed by atoms with van der Waals surface area (Å²) in [6.45, 7) is 0.00910. The lowest BCUT2D eigenvalue weighted by Crippen LogP contribution is -2.39. The number of benzene rings is 3. The highest BCUT2D eigenvalue weighted by molar-refractivity contribution is 7.90. The summed E-state index contributed by atoms with van der Waals surface area (Å²) in [5, 5.41) is 0.507.